The first-order valence-corrected chi connectivity index (χ1v) is 8.64. The molecular weight excluding hydrogens is 324 g/mol. The number of ether oxygens (including phenoxy) is 1. The van der Waals surface area contributed by atoms with E-state index in [-0.39, 0.29) is 18.6 Å². The summed E-state index contributed by atoms with van der Waals surface area (Å²) < 4.78 is 5.56. The molecule has 1 amide bonds. The first-order valence-electron chi connectivity index (χ1n) is 7.77. The van der Waals surface area contributed by atoms with Gasteiger partial charge in [-0.1, -0.05) is 12.1 Å². The summed E-state index contributed by atoms with van der Waals surface area (Å²) in [6, 6.07) is 7.21. The molecule has 1 unspecified atom stereocenters. The minimum absolute atomic E-state index is 0.105. The number of hydrogen-bond donors (Lipinski definition) is 2. The highest BCUT2D eigenvalue weighted by Gasteiger charge is 2.09. The van der Waals surface area contributed by atoms with Crippen LogP contribution in [0.2, 0.25) is 0 Å². The van der Waals surface area contributed by atoms with Crippen LogP contribution in [0, 0.1) is 6.92 Å². The fourth-order valence-electron chi connectivity index (χ4n) is 2.03. The number of thiazole rings is 1. The number of nitrogens with one attached hydrogen (secondary N) is 1. The van der Waals surface area contributed by atoms with Gasteiger partial charge in [-0.2, -0.15) is 0 Å². The van der Waals surface area contributed by atoms with Gasteiger partial charge in [-0.3, -0.25) is 4.79 Å². The number of aliphatic hydroxyl groups excluding tert-OH is 1. The highest BCUT2D eigenvalue weighted by Crippen LogP contribution is 2.18. The molecule has 0 fully saturated rings. The molecule has 6 heteroatoms. The molecule has 0 saturated carbocycles. The van der Waals surface area contributed by atoms with Crippen LogP contribution >= 0.6 is 11.3 Å². The van der Waals surface area contributed by atoms with Crippen molar-refractivity contribution in [2.45, 2.75) is 33.0 Å². The second-order valence-electron chi connectivity index (χ2n) is 5.62. The summed E-state index contributed by atoms with van der Waals surface area (Å²) >= 11 is 1.53. The van der Waals surface area contributed by atoms with E-state index in [1.807, 2.05) is 38.3 Å². The zero-order chi connectivity index (χ0) is 17.5. The Hall–Kier alpha value is -2.18. The molecule has 0 aliphatic heterocycles. The van der Waals surface area contributed by atoms with E-state index in [4.69, 9.17) is 4.74 Å². The zero-order valence-electron chi connectivity index (χ0n) is 14.0. The summed E-state index contributed by atoms with van der Waals surface area (Å²) in [4.78, 5) is 16.0. The molecule has 0 aliphatic rings. The minimum atomic E-state index is -0.767. The predicted octanol–water partition coefficient (Wildman–Crippen LogP) is 3.10. The van der Waals surface area contributed by atoms with Crippen molar-refractivity contribution in [1.29, 1.82) is 0 Å². The summed E-state index contributed by atoms with van der Waals surface area (Å²) in [5, 5.41) is 15.7. The molecule has 0 aliphatic carbocycles. The number of hydrogen-bond acceptors (Lipinski definition) is 5. The Labute approximate surface area is 146 Å². The van der Waals surface area contributed by atoms with Gasteiger partial charge in [0.05, 0.1) is 22.9 Å². The van der Waals surface area contributed by atoms with Crippen molar-refractivity contribution in [3.8, 4) is 5.75 Å². The van der Waals surface area contributed by atoms with Crippen molar-refractivity contribution in [1.82, 2.24) is 10.3 Å². The van der Waals surface area contributed by atoms with Gasteiger partial charge in [-0.25, -0.2) is 4.98 Å². The average molecular weight is 346 g/mol. The SMILES string of the molecule is Cc1nc(/C=C/C(=O)NCC(O)c2ccc(OC(C)C)cc2)cs1. The summed E-state index contributed by atoms with van der Waals surface area (Å²) in [7, 11) is 0. The van der Waals surface area contributed by atoms with E-state index in [0.29, 0.717) is 0 Å². The number of amides is 1. The molecule has 0 radical (unpaired) electrons. The molecule has 1 heterocycles. The van der Waals surface area contributed by atoms with Gasteiger partial charge in [0.25, 0.3) is 0 Å². The number of carbonyl (C=O) groups is 1. The van der Waals surface area contributed by atoms with Crippen LogP contribution in [0.25, 0.3) is 6.08 Å². The molecule has 0 saturated heterocycles. The molecule has 0 spiro atoms. The largest absolute Gasteiger partial charge is 0.491 e. The van der Waals surface area contributed by atoms with E-state index < -0.39 is 6.10 Å². The highest BCUT2D eigenvalue weighted by molar-refractivity contribution is 7.09. The van der Waals surface area contributed by atoms with Gasteiger partial charge < -0.3 is 15.2 Å². The van der Waals surface area contributed by atoms with Crippen molar-refractivity contribution in [2.75, 3.05) is 6.54 Å². The molecule has 1 aromatic heterocycles. The van der Waals surface area contributed by atoms with E-state index in [9.17, 15) is 9.90 Å². The lowest BCUT2D eigenvalue weighted by Crippen LogP contribution is -2.26. The van der Waals surface area contributed by atoms with Gasteiger partial charge in [0.1, 0.15) is 5.75 Å². The van der Waals surface area contributed by atoms with Gasteiger partial charge in [0, 0.05) is 18.0 Å². The van der Waals surface area contributed by atoms with Crippen molar-refractivity contribution in [3.05, 3.63) is 52.0 Å². The Bertz CT molecular complexity index is 693. The predicted molar refractivity (Wildman–Crippen MR) is 96.1 cm³/mol. The lowest BCUT2D eigenvalue weighted by molar-refractivity contribution is -0.116. The van der Waals surface area contributed by atoms with Crippen LogP contribution in [0.3, 0.4) is 0 Å². The van der Waals surface area contributed by atoms with Crippen LogP contribution < -0.4 is 10.1 Å². The van der Waals surface area contributed by atoms with Crippen molar-refractivity contribution >= 4 is 23.3 Å². The van der Waals surface area contributed by atoms with E-state index in [0.717, 1.165) is 22.0 Å². The monoisotopic (exact) mass is 346 g/mol. The van der Waals surface area contributed by atoms with Crippen LogP contribution in [-0.2, 0) is 4.79 Å². The Balaban J connectivity index is 1.82. The Kier molecular flexibility index (Phi) is 6.52. The van der Waals surface area contributed by atoms with Gasteiger partial charge in [-0.05, 0) is 44.5 Å². The van der Waals surface area contributed by atoms with Gasteiger partial charge in [0.15, 0.2) is 0 Å². The quantitative estimate of drug-likeness (QED) is 0.756. The summed E-state index contributed by atoms with van der Waals surface area (Å²) in [5.41, 5.74) is 1.49. The zero-order valence-corrected chi connectivity index (χ0v) is 14.8. The fraction of sp³-hybridized carbons (Fsp3) is 0.333. The molecule has 1 atom stereocenters. The molecule has 1 aromatic carbocycles. The molecule has 24 heavy (non-hydrogen) atoms. The molecule has 128 valence electrons. The smallest absolute Gasteiger partial charge is 0.244 e. The number of carbonyl (C=O) groups excluding carboxylic acids is 1. The maximum absolute atomic E-state index is 11.8. The van der Waals surface area contributed by atoms with Crippen LogP contribution in [-0.4, -0.2) is 28.6 Å². The van der Waals surface area contributed by atoms with E-state index in [2.05, 4.69) is 10.3 Å². The number of nitrogens with zero attached hydrogens (tertiary/aromatic N) is 1. The lowest BCUT2D eigenvalue weighted by Gasteiger charge is -2.13. The van der Waals surface area contributed by atoms with E-state index in [1.54, 1.807) is 18.2 Å². The molecule has 0 bridgehead atoms. The first-order chi connectivity index (χ1) is 11.4. The fourth-order valence-corrected chi connectivity index (χ4v) is 2.61. The maximum Gasteiger partial charge on any atom is 0.244 e. The average Bonchev–Trinajstić information content (AvgIpc) is 2.96. The number of aliphatic hydroxyl groups is 1. The maximum atomic E-state index is 11.8. The third-order valence-corrected chi connectivity index (χ3v) is 3.94. The Morgan fingerprint density at radius 3 is 2.67 bits per heavy atom. The molecule has 2 N–H and O–H groups in total. The number of aryl methyl sites for hydroxylation is 1. The van der Waals surface area contributed by atoms with Crippen molar-refractivity contribution in [3.63, 3.8) is 0 Å². The van der Waals surface area contributed by atoms with Crippen LogP contribution in [0.15, 0.2) is 35.7 Å². The third-order valence-electron chi connectivity index (χ3n) is 3.15. The third kappa shape index (κ3) is 5.79. The standard InChI is InChI=1S/C18H22N2O3S/c1-12(2)23-16-7-4-14(5-8-16)17(21)10-19-18(22)9-6-15-11-24-13(3)20-15/h4-9,11-12,17,21H,10H2,1-3H3,(H,19,22)/b9-6+. The van der Waals surface area contributed by atoms with Crippen LogP contribution in [0.5, 0.6) is 5.75 Å². The number of aromatic nitrogens is 1. The summed E-state index contributed by atoms with van der Waals surface area (Å²) in [6.07, 6.45) is 2.41. The van der Waals surface area contributed by atoms with Crippen molar-refractivity contribution < 1.29 is 14.6 Å². The number of benzene rings is 1. The molecule has 5 nitrogen and oxygen atoms in total. The summed E-state index contributed by atoms with van der Waals surface area (Å²) in [6.45, 7) is 5.97. The number of rotatable bonds is 7. The van der Waals surface area contributed by atoms with Crippen LogP contribution in [0.4, 0.5) is 0 Å². The first kappa shape index (κ1) is 18.2. The molecular formula is C18H22N2O3S. The minimum Gasteiger partial charge on any atom is -0.491 e. The molecule has 2 aromatic rings. The topological polar surface area (TPSA) is 71.5 Å². The van der Waals surface area contributed by atoms with Gasteiger partial charge >= 0.3 is 0 Å². The summed E-state index contributed by atoms with van der Waals surface area (Å²) in [5.74, 6) is 0.492. The van der Waals surface area contributed by atoms with Crippen LogP contribution in [0.1, 0.15) is 36.2 Å². The highest BCUT2D eigenvalue weighted by atomic mass is 32.1. The Morgan fingerprint density at radius 1 is 1.38 bits per heavy atom. The normalized spacial score (nSPS) is 12.5. The van der Waals surface area contributed by atoms with E-state index >= 15 is 0 Å². The van der Waals surface area contributed by atoms with Gasteiger partial charge in [0.2, 0.25) is 5.91 Å². The van der Waals surface area contributed by atoms with Crippen molar-refractivity contribution in [2.24, 2.45) is 0 Å². The Morgan fingerprint density at radius 2 is 2.08 bits per heavy atom. The second-order valence-corrected chi connectivity index (χ2v) is 6.68. The second kappa shape index (κ2) is 8.61. The van der Waals surface area contributed by atoms with Gasteiger partial charge in [-0.15, -0.1) is 11.3 Å². The van der Waals surface area contributed by atoms with E-state index in [1.165, 1.54) is 17.4 Å². The molecule has 2 rings (SSSR count). The lowest BCUT2D eigenvalue weighted by atomic mass is 10.1.